The molecule has 7 heterocycles. The first-order valence-electron chi connectivity index (χ1n) is 14.5. The SMILES string of the molecule is Cn1ccn2ncc(C(=O)N3CCCOc4cccc5c4OC[C@@]4(CNC(=O)C3)CN(C(=O)CN3CCOC3=O)C[C@@H]54)c12. The number of amides is 4. The molecule has 2 atom stereocenters. The first-order valence-corrected chi connectivity index (χ1v) is 14.5. The molecule has 2 aromatic heterocycles. The van der Waals surface area contributed by atoms with Crippen molar-refractivity contribution in [1.82, 2.24) is 34.2 Å². The van der Waals surface area contributed by atoms with E-state index in [9.17, 15) is 19.2 Å². The maximum atomic E-state index is 13.7. The number of hydrogen-bond donors (Lipinski definition) is 1. The lowest BCUT2D eigenvalue weighted by Crippen LogP contribution is -2.51. The molecule has 8 rings (SSSR count). The van der Waals surface area contributed by atoms with Gasteiger partial charge in [0, 0.05) is 62.5 Å². The average Bonchev–Trinajstić information content (AvgIpc) is 3.78. The summed E-state index contributed by atoms with van der Waals surface area (Å²) in [4.78, 5) is 57.1. The molecule has 5 aliphatic heterocycles. The molecule has 14 nitrogen and oxygen atoms in total. The second kappa shape index (κ2) is 10.5. The molecule has 1 N–H and O–H groups in total. The zero-order valence-electron chi connectivity index (χ0n) is 23.9. The van der Waals surface area contributed by atoms with E-state index in [0.717, 1.165) is 5.56 Å². The van der Waals surface area contributed by atoms with E-state index >= 15 is 0 Å². The molecule has 0 radical (unpaired) electrons. The number of aromatic nitrogens is 3. The molecule has 4 amide bonds. The smallest absolute Gasteiger partial charge is 0.410 e. The van der Waals surface area contributed by atoms with E-state index in [1.54, 1.807) is 15.6 Å². The molecule has 0 saturated carbocycles. The van der Waals surface area contributed by atoms with Gasteiger partial charge in [-0.3, -0.25) is 19.3 Å². The molecule has 43 heavy (non-hydrogen) atoms. The van der Waals surface area contributed by atoms with Gasteiger partial charge in [-0.05, 0) is 12.5 Å². The Morgan fingerprint density at radius 3 is 2.81 bits per heavy atom. The minimum atomic E-state index is -0.608. The zero-order chi connectivity index (χ0) is 29.7. The van der Waals surface area contributed by atoms with Crippen LogP contribution in [0.5, 0.6) is 11.5 Å². The average molecular weight is 592 g/mol. The highest BCUT2D eigenvalue weighted by Crippen LogP contribution is 2.52. The Labute approximate surface area is 247 Å². The number of aryl methyl sites for hydroxylation is 1. The van der Waals surface area contributed by atoms with Crippen LogP contribution in [0.1, 0.15) is 28.3 Å². The predicted octanol–water partition coefficient (Wildman–Crippen LogP) is 0.471. The number of benzene rings is 1. The topological polar surface area (TPSA) is 140 Å². The Kier molecular flexibility index (Phi) is 6.62. The zero-order valence-corrected chi connectivity index (χ0v) is 23.9. The highest BCUT2D eigenvalue weighted by atomic mass is 16.6. The van der Waals surface area contributed by atoms with Gasteiger partial charge in [-0.15, -0.1) is 0 Å². The van der Waals surface area contributed by atoms with Crippen LogP contribution in [0.4, 0.5) is 4.79 Å². The molecule has 3 aromatic rings. The van der Waals surface area contributed by atoms with Gasteiger partial charge >= 0.3 is 6.09 Å². The third-order valence-electron chi connectivity index (χ3n) is 8.91. The number of para-hydroxylation sites is 1. The van der Waals surface area contributed by atoms with Gasteiger partial charge in [-0.25, -0.2) is 9.31 Å². The van der Waals surface area contributed by atoms with Crippen molar-refractivity contribution >= 4 is 29.5 Å². The van der Waals surface area contributed by atoms with Gasteiger partial charge in [-0.2, -0.15) is 5.10 Å². The van der Waals surface area contributed by atoms with Crippen LogP contribution in [-0.2, 0) is 21.4 Å². The number of cyclic esters (lactones) is 1. The minimum Gasteiger partial charge on any atom is -0.490 e. The van der Waals surface area contributed by atoms with Crippen molar-refractivity contribution in [3.63, 3.8) is 0 Å². The van der Waals surface area contributed by atoms with Crippen molar-refractivity contribution in [1.29, 1.82) is 0 Å². The van der Waals surface area contributed by atoms with Crippen LogP contribution in [0, 0.1) is 5.41 Å². The molecule has 1 aromatic carbocycles. The fraction of sp³-hybridized carbons (Fsp3) is 0.483. The van der Waals surface area contributed by atoms with Crippen LogP contribution >= 0.6 is 0 Å². The molecule has 5 aliphatic rings. The third kappa shape index (κ3) is 4.70. The number of nitrogens with zero attached hydrogens (tertiary/aromatic N) is 6. The largest absolute Gasteiger partial charge is 0.490 e. The molecule has 4 bridgehead atoms. The maximum absolute atomic E-state index is 13.7. The molecule has 2 fully saturated rings. The van der Waals surface area contributed by atoms with Crippen LogP contribution in [0.3, 0.4) is 0 Å². The molecule has 1 spiro atoms. The quantitative estimate of drug-likeness (QED) is 0.464. The van der Waals surface area contributed by atoms with E-state index in [1.807, 2.05) is 36.0 Å². The summed E-state index contributed by atoms with van der Waals surface area (Å²) in [5, 5.41) is 7.34. The molecule has 2 saturated heterocycles. The number of carbonyl (C=O) groups is 4. The summed E-state index contributed by atoms with van der Waals surface area (Å²) in [6.45, 7) is 2.32. The minimum absolute atomic E-state index is 0.0643. The van der Waals surface area contributed by atoms with Crippen molar-refractivity contribution in [2.24, 2.45) is 12.5 Å². The van der Waals surface area contributed by atoms with E-state index in [1.165, 1.54) is 16.0 Å². The first kappa shape index (κ1) is 27.1. The predicted molar refractivity (Wildman–Crippen MR) is 150 cm³/mol. The van der Waals surface area contributed by atoms with Crippen LogP contribution < -0.4 is 14.8 Å². The van der Waals surface area contributed by atoms with Crippen LogP contribution in [0.25, 0.3) is 5.65 Å². The van der Waals surface area contributed by atoms with E-state index in [4.69, 9.17) is 14.2 Å². The van der Waals surface area contributed by atoms with Crippen molar-refractivity contribution in [2.75, 3.05) is 65.6 Å². The van der Waals surface area contributed by atoms with Crippen LogP contribution in [-0.4, -0.2) is 118 Å². The highest BCUT2D eigenvalue weighted by molar-refractivity contribution is 6.01. The van der Waals surface area contributed by atoms with Crippen molar-refractivity contribution in [3.05, 3.63) is 47.9 Å². The van der Waals surface area contributed by atoms with Gasteiger partial charge in [-0.1, -0.05) is 12.1 Å². The van der Waals surface area contributed by atoms with E-state index in [-0.39, 0.29) is 56.5 Å². The monoisotopic (exact) mass is 591 g/mol. The lowest BCUT2D eigenvalue weighted by molar-refractivity contribution is -0.131. The molecular formula is C29H33N7O7. The summed E-state index contributed by atoms with van der Waals surface area (Å²) < 4.78 is 20.9. The molecule has 0 aliphatic carbocycles. The number of ether oxygens (including phenoxy) is 3. The lowest BCUT2D eigenvalue weighted by Gasteiger charge is -2.40. The van der Waals surface area contributed by atoms with Gasteiger partial charge in [0.2, 0.25) is 11.8 Å². The molecule has 226 valence electrons. The second-order valence-electron chi connectivity index (χ2n) is 11.6. The number of nitrogens with one attached hydrogen (secondary N) is 1. The number of imidazole rings is 1. The standard InChI is InChI=1S/C29H33N7O7/c1-32-7-8-36-26(32)20(12-31-36)27(39)33-6-3-10-41-22-5-2-4-19-21-13-35(24(38)15-34-9-11-42-28(34)40)17-29(21,18-43-25(19)22)16-30-23(37)14-33/h2,4-5,7-8,12,21H,3,6,9-11,13-18H2,1H3,(H,30,37)/t21-,29+/m0/s1. The highest BCUT2D eigenvalue weighted by Gasteiger charge is 2.53. The number of rotatable bonds is 3. The summed E-state index contributed by atoms with van der Waals surface area (Å²) >= 11 is 0. The number of hydrogen-bond acceptors (Lipinski definition) is 8. The van der Waals surface area contributed by atoms with Crippen molar-refractivity contribution < 1.29 is 33.4 Å². The number of carbonyl (C=O) groups excluding carboxylic acids is 4. The first-order chi connectivity index (χ1) is 20.8. The molecule has 14 heteroatoms. The number of fused-ring (bicyclic) bond motifs is 10. The Balaban J connectivity index is 1.16. The van der Waals surface area contributed by atoms with Gasteiger partial charge < -0.3 is 33.9 Å². The third-order valence-corrected chi connectivity index (χ3v) is 8.91. The van der Waals surface area contributed by atoms with Crippen LogP contribution in [0.15, 0.2) is 36.8 Å². The second-order valence-corrected chi connectivity index (χ2v) is 11.6. The Morgan fingerprint density at radius 1 is 1.09 bits per heavy atom. The summed E-state index contributed by atoms with van der Waals surface area (Å²) in [6.07, 6.45) is 5.11. The summed E-state index contributed by atoms with van der Waals surface area (Å²) in [6, 6.07) is 5.75. The fourth-order valence-electron chi connectivity index (χ4n) is 6.65. The summed E-state index contributed by atoms with van der Waals surface area (Å²) in [5.41, 5.74) is 1.38. The van der Waals surface area contributed by atoms with E-state index in [2.05, 4.69) is 10.4 Å². The fourth-order valence-corrected chi connectivity index (χ4v) is 6.65. The van der Waals surface area contributed by atoms with Gasteiger partial charge in [0.25, 0.3) is 5.91 Å². The Morgan fingerprint density at radius 2 is 1.98 bits per heavy atom. The lowest BCUT2D eigenvalue weighted by atomic mass is 9.73. The van der Waals surface area contributed by atoms with E-state index in [0.29, 0.717) is 61.9 Å². The Bertz CT molecular complexity index is 1620. The van der Waals surface area contributed by atoms with Gasteiger partial charge in [0.15, 0.2) is 11.5 Å². The van der Waals surface area contributed by atoms with Crippen molar-refractivity contribution in [3.8, 4) is 11.5 Å². The number of likely N-dealkylation sites (tertiary alicyclic amines) is 1. The van der Waals surface area contributed by atoms with Crippen molar-refractivity contribution in [2.45, 2.75) is 12.3 Å². The Hall–Kier alpha value is -4.75. The normalized spacial score (nSPS) is 23.8. The maximum Gasteiger partial charge on any atom is 0.410 e. The summed E-state index contributed by atoms with van der Waals surface area (Å²) in [5.74, 6) is 0.338. The van der Waals surface area contributed by atoms with Crippen LogP contribution in [0.2, 0.25) is 0 Å². The molecular weight excluding hydrogens is 558 g/mol. The van der Waals surface area contributed by atoms with E-state index < -0.39 is 11.5 Å². The molecule has 0 unspecified atom stereocenters. The van der Waals surface area contributed by atoms with Gasteiger partial charge in [0.05, 0.1) is 32.5 Å². The summed E-state index contributed by atoms with van der Waals surface area (Å²) in [7, 11) is 1.84. The van der Waals surface area contributed by atoms with Gasteiger partial charge in [0.1, 0.15) is 24.4 Å².